The molecule has 9 nitrogen and oxygen atoms in total. The fourth-order valence-electron chi connectivity index (χ4n) is 2.94. The Morgan fingerprint density at radius 3 is 2.24 bits per heavy atom. The van der Waals surface area contributed by atoms with Gasteiger partial charge < -0.3 is 15.5 Å². The van der Waals surface area contributed by atoms with Crippen molar-refractivity contribution in [2.24, 2.45) is 0 Å². The highest BCUT2D eigenvalue weighted by Gasteiger charge is 2.22. The number of nitrogens with one attached hydrogen (secondary N) is 1. The molecular weight excluding hydrogens is 456 g/mol. The molecule has 3 heterocycles. The van der Waals surface area contributed by atoms with Gasteiger partial charge in [-0.1, -0.05) is 36.4 Å². The maximum Gasteiger partial charge on any atom is 0.290 e. The summed E-state index contributed by atoms with van der Waals surface area (Å²) in [5.74, 6) is -0.162. The number of aromatic nitrogens is 3. The van der Waals surface area contributed by atoms with Crippen molar-refractivity contribution in [3.63, 3.8) is 0 Å². The number of hydrogen-bond donors (Lipinski definition) is 3. The number of aryl methyl sites for hydroxylation is 1. The number of amides is 1. The molecule has 1 aromatic carbocycles. The zero-order valence-electron chi connectivity index (χ0n) is 18.1. The standard InChI is InChI=1S/C22H18N4OS.2CH2O2/c1-15-20(28-22(25-15)17-10-7-12-23-14-17)21(27)26-19(16-8-3-2-4-9-16)18-11-5-6-13-24-18;2*2-1-3/h2-14,19H,1H3,(H,26,27);2*1H,(H,2,3). The van der Waals surface area contributed by atoms with Gasteiger partial charge in [-0.2, -0.15) is 0 Å². The van der Waals surface area contributed by atoms with Crippen LogP contribution in [-0.2, 0) is 9.59 Å². The third-order valence-corrected chi connectivity index (χ3v) is 5.51. The van der Waals surface area contributed by atoms with Crippen molar-refractivity contribution in [2.45, 2.75) is 13.0 Å². The van der Waals surface area contributed by atoms with Crippen LogP contribution >= 0.6 is 11.3 Å². The summed E-state index contributed by atoms with van der Waals surface area (Å²) < 4.78 is 0. The first kappa shape index (κ1) is 25.8. The number of carbonyl (C=O) groups is 3. The molecule has 34 heavy (non-hydrogen) atoms. The van der Waals surface area contributed by atoms with Crippen molar-refractivity contribution in [1.29, 1.82) is 0 Å². The van der Waals surface area contributed by atoms with Crippen molar-refractivity contribution >= 4 is 30.2 Å². The summed E-state index contributed by atoms with van der Waals surface area (Å²) in [6.07, 6.45) is 5.20. The average Bonchev–Trinajstić information content (AvgIpc) is 3.27. The van der Waals surface area contributed by atoms with Crippen LogP contribution in [0.5, 0.6) is 0 Å². The largest absolute Gasteiger partial charge is 0.483 e. The average molecular weight is 479 g/mol. The summed E-state index contributed by atoms with van der Waals surface area (Å²) in [5.41, 5.74) is 3.37. The third kappa shape index (κ3) is 7.31. The normalized spacial score (nSPS) is 10.4. The van der Waals surface area contributed by atoms with E-state index in [1.165, 1.54) is 11.3 Å². The lowest BCUT2D eigenvalue weighted by atomic mass is 10.0. The van der Waals surface area contributed by atoms with Gasteiger partial charge in [-0.25, -0.2) is 4.98 Å². The number of carboxylic acid groups (broad SMARTS) is 2. The molecule has 0 saturated heterocycles. The highest BCUT2D eigenvalue weighted by atomic mass is 32.1. The van der Waals surface area contributed by atoms with E-state index in [0.29, 0.717) is 10.6 Å². The summed E-state index contributed by atoms with van der Waals surface area (Å²) in [4.78, 5) is 43.5. The topological polar surface area (TPSA) is 142 Å². The van der Waals surface area contributed by atoms with E-state index in [4.69, 9.17) is 19.8 Å². The highest BCUT2D eigenvalue weighted by Crippen LogP contribution is 2.28. The number of benzene rings is 1. The van der Waals surface area contributed by atoms with Gasteiger partial charge in [0, 0.05) is 24.2 Å². The molecule has 0 saturated carbocycles. The molecule has 0 aliphatic heterocycles. The van der Waals surface area contributed by atoms with Gasteiger partial charge in [0.2, 0.25) is 0 Å². The van der Waals surface area contributed by atoms with Crippen molar-refractivity contribution < 1.29 is 24.6 Å². The molecule has 0 radical (unpaired) electrons. The molecule has 0 bridgehead atoms. The number of thiazole rings is 1. The molecule has 3 N–H and O–H groups in total. The molecular formula is C24H22N4O5S. The summed E-state index contributed by atoms with van der Waals surface area (Å²) in [5, 5.41) is 17.7. The van der Waals surface area contributed by atoms with Crippen molar-refractivity contribution in [3.05, 3.63) is 101 Å². The maximum absolute atomic E-state index is 13.1. The number of pyridine rings is 2. The molecule has 10 heteroatoms. The fourth-order valence-corrected chi connectivity index (χ4v) is 3.90. The smallest absolute Gasteiger partial charge is 0.290 e. The van der Waals surface area contributed by atoms with Gasteiger partial charge in [-0.05, 0) is 36.8 Å². The molecule has 1 amide bonds. The molecule has 174 valence electrons. The van der Waals surface area contributed by atoms with Crippen LogP contribution in [0.2, 0.25) is 0 Å². The monoisotopic (exact) mass is 478 g/mol. The van der Waals surface area contributed by atoms with Gasteiger partial charge in [-0.3, -0.25) is 24.4 Å². The van der Waals surface area contributed by atoms with E-state index in [-0.39, 0.29) is 24.9 Å². The molecule has 3 aromatic heterocycles. The van der Waals surface area contributed by atoms with Crippen LogP contribution in [0.4, 0.5) is 0 Å². The highest BCUT2D eigenvalue weighted by molar-refractivity contribution is 7.17. The Bertz CT molecular complexity index is 1130. The molecule has 0 aliphatic carbocycles. The minimum atomic E-state index is -0.335. The Morgan fingerprint density at radius 2 is 1.65 bits per heavy atom. The zero-order chi connectivity index (χ0) is 24.8. The van der Waals surface area contributed by atoms with Gasteiger partial charge in [-0.15, -0.1) is 11.3 Å². The molecule has 0 spiro atoms. The number of rotatable bonds is 5. The summed E-state index contributed by atoms with van der Waals surface area (Å²) in [7, 11) is 0. The first-order chi connectivity index (χ1) is 16.5. The van der Waals surface area contributed by atoms with E-state index in [2.05, 4.69) is 20.3 Å². The Kier molecular flexibility index (Phi) is 10.5. The molecule has 1 atom stereocenters. The van der Waals surface area contributed by atoms with E-state index in [1.54, 1.807) is 18.6 Å². The lowest BCUT2D eigenvalue weighted by Crippen LogP contribution is -2.29. The van der Waals surface area contributed by atoms with Gasteiger partial charge in [0.05, 0.1) is 17.4 Å². The minimum Gasteiger partial charge on any atom is -0.483 e. The second-order valence-corrected chi connectivity index (χ2v) is 7.46. The van der Waals surface area contributed by atoms with Crippen LogP contribution < -0.4 is 5.32 Å². The molecule has 0 fully saturated rings. The number of nitrogens with zero attached hydrogens (tertiary/aromatic N) is 3. The van der Waals surface area contributed by atoms with E-state index >= 15 is 0 Å². The molecule has 4 aromatic rings. The summed E-state index contributed by atoms with van der Waals surface area (Å²) >= 11 is 1.37. The van der Waals surface area contributed by atoms with Gasteiger partial charge in [0.15, 0.2) is 0 Å². The van der Waals surface area contributed by atoms with Gasteiger partial charge in [0.1, 0.15) is 9.88 Å². The predicted molar refractivity (Wildman–Crippen MR) is 127 cm³/mol. The molecule has 1 unspecified atom stereocenters. The second-order valence-electron chi connectivity index (χ2n) is 6.46. The third-order valence-electron chi connectivity index (χ3n) is 4.30. The number of hydrogen-bond acceptors (Lipinski definition) is 7. The Labute approximate surface area is 199 Å². The quantitative estimate of drug-likeness (QED) is 0.367. The van der Waals surface area contributed by atoms with E-state index < -0.39 is 0 Å². The van der Waals surface area contributed by atoms with E-state index in [0.717, 1.165) is 21.8 Å². The van der Waals surface area contributed by atoms with Crippen molar-refractivity contribution in [1.82, 2.24) is 20.3 Å². The molecule has 4 rings (SSSR count). The van der Waals surface area contributed by atoms with Crippen molar-refractivity contribution in [3.8, 4) is 10.6 Å². The van der Waals surface area contributed by atoms with Crippen LogP contribution in [-0.4, -0.2) is 44.0 Å². The molecule has 0 aliphatic rings. The van der Waals surface area contributed by atoms with Gasteiger partial charge >= 0.3 is 0 Å². The van der Waals surface area contributed by atoms with Gasteiger partial charge in [0.25, 0.3) is 18.9 Å². The SMILES string of the molecule is Cc1nc(-c2cccnc2)sc1C(=O)NC(c1ccccc1)c1ccccn1.O=CO.O=CO. The summed E-state index contributed by atoms with van der Waals surface area (Å²) in [6, 6.07) is 19.0. The summed E-state index contributed by atoms with van der Waals surface area (Å²) in [6.45, 7) is 1.35. The second kappa shape index (κ2) is 13.9. The van der Waals surface area contributed by atoms with Crippen LogP contribution in [0.1, 0.15) is 32.7 Å². The maximum atomic E-state index is 13.1. The van der Waals surface area contributed by atoms with Crippen LogP contribution in [0, 0.1) is 6.92 Å². The zero-order valence-corrected chi connectivity index (χ0v) is 18.9. The first-order valence-electron chi connectivity index (χ1n) is 9.85. The lowest BCUT2D eigenvalue weighted by molar-refractivity contribution is -0.123. The number of carbonyl (C=O) groups excluding carboxylic acids is 1. The Balaban J connectivity index is 0.000000618. The van der Waals surface area contributed by atoms with E-state index in [9.17, 15) is 4.79 Å². The Hall–Kier alpha value is -4.44. The Morgan fingerprint density at radius 1 is 0.971 bits per heavy atom. The lowest BCUT2D eigenvalue weighted by Gasteiger charge is -2.18. The van der Waals surface area contributed by atoms with Crippen molar-refractivity contribution in [2.75, 3.05) is 0 Å². The van der Waals surface area contributed by atoms with Crippen LogP contribution in [0.25, 0.3) is 10.6 Å². The first-order valence-corrected chi connectivity index (χ1v) is 10.7. The fraction of sp³-hybridized carbons (Fsp3) is 0.0833. The van der Waals surface area contributed by atoms with Crippen LogP contribution in [0.3, 0.4) is 0 Å². The minimum absolute atomic E-state index is 0.162. The van der Waals surface area contributed by atoms with E-state index in [1.807, 2.05) is 67.6 Å². The van der Waals surface area contributed by atoms with Crippen LogP contribution in [0.15, 0.2) is 79.3 Å². The predicted octanol–water partition coefficient (Wildman–Crippen LogP) is 3.83.